The summed E-state index contributed by atoms with van der Waals surface area (Å²) in [5.74, 6) is 0.160. The number of nitrogens with zero attached hydrogens (tertiary/aromatic N) is 2. The Balaban J connectivity index is 1.00. The maximum absolute atomic E-state index is 5.53. The highest BCUT2D eigenvalue weighted by atomic mass is 15.0. The second-order valence-electron chi connectivity index (χ2n) is 18.8. The van der Waals surface area contributed by atoms with Gasteiger partial charge in [0.05, 0.1) is 16.7 Å². The number of hydrogen-bond donors (Lipinski definition) is 0. The van der Waals surface area contributed by atoms with Crippen LogP contribution in [0, 0.1) is 0 Å². The third-order valence-electron chi connectivity index (χ3n) is 14.7. The van der Waals surface area contributed by atoms with Crippen LogP contribution in [0.25, 0.3) is 72.1 Å². The average molecular weight is 887 g/mol. The molecule has 1 aliphatic carbocycles. The molecule has 10 aromatic rings. The summed E-state index contributed by atoms with van der Waals surface area (Å²) in [6.07, 6.45) is 8.09. The fourth-order valence-electron chi connectivity index (χ4n) is 11.3. The molecular formula is C67H54N2. The fourth-order valence-corrected chi connectivity index (χ4v) is 11.3. The van der Waals surface area contributed by atoms with Gasteiger partial charge in [0.2, 0.25) is 0 Å². The minimum absolute atomic E-state index is 0.160. The van der Waals surface area contributed by atoms with Gasteiger partial charge in [-0.05, 0) is 142 Å². The molecule has 0 N–H and O–H groups in total. The van der Waals surface area contributed by atoms with Crippen molar-refractivity contribution in [3.63, 3.8) is 0 Å². The molecule has 0 bridgehead atoms. The monoisotopic (exact) mass is 886 g/mol. The van der Waals surface area contributed by atoms with E-state index >= 15 is 0 Å². The van der Waals surface area contributed by atoms with Gasteiger partial charge in [-0.25, -0.2) is 0 Å². The van der Waals surface area contributed by atoms with Crippen molar-refractivity contribution in [2.75, 3.05) is 0 Å². The fraction of sp³-hybridized carbons (Fsp3) is 0.119. The van der Waals surface area contributed by atoms with Crippen molar-refractivity contribution in [3.05, 3.63) is 269 Å². The zero-order chi connectivity index (χ0) is 46.1. The minimum Gasteiger partial charge on any atom is -0.309 e. The molecule has 0 fully saturated rings. The largest absolute Gasteiger partial charge is 0.309 e. The van der Waals surface area contributed by atoms with E-state index < -0.39 is 0 Å². The Morgan fingerprint density at radius 3 is 1.87 bits per heavy atom. The molecule has 0 saturated heterocycles. The average Bonchev–Trinajstić information content (AvgIpc) is 3.66. The van der Waals surface area contributed by atoms with Crippen LogP contribution >= 0.6 is 0 Å². The summed E-state index contributed by atoms with van der Waals surface area (Å²) in [5, 5.41) is 2.56. The summed E-state index contributed by atoms with van der Waals surface area (Å²) >= 11 is 0. The predicted molar refractivity (Wildman–Crippen MR) is 292 cm³/mol. The number of benzene rings is 9. The lowest BCUT2D eigenvalue weighted by Crippen LogP contribution is -2.07. The van der Waals surface area contributed by atoms with Crippen LogP contribution in [-0.4, -0.2) is 10.3 Å². The molecule has 69 heavy (non-hydrogen) atoms. The third kappa shape index (κ3) is 8.17. The number of allylic oxidation sites excluding steroid dienone is 3. The Bertz CT molecular complexity index is 3590. The molecule has 2 aliphatic rings. The predicted octanol–water partition coefficient (Wildman–Crippen LogP) is 17.7. The number of rotatable bonds is 7. The summed E-state index contributed by atoms with van der Waals surface area (Å²) in [6, 6.07) is 83.0. The highest BCUT2D eigenvalue weighted by Crippen LogP contribution is 2.48. The molecule has 9 aromatic carbocycles. The molecule has 2 heteroatoms. The summed E-state index contributed by atoms with van der Waals surface area (Å²) in [6.45, 7) is 2.32. The van der Waals surface area contributed by atoms with Crippen molar-refractivity contribution in [1.82, 2.24) is 4.57 Å². The number of fused-ring (bicyclic) bond motifs is 7. The number of aromatic nitrogens is 1. The minimum atomic E-state index is 0.160. The van der Waals surface area contributed by atoms with Crippen LogP contribution in [0.2, 0.25) is 0 Å². The van der Waals surface area contributed by atoms with E-state index in [-0.39, 0.29) is 5.92 Å². The summed E-state index contributed by atoms with van der Waals surface area (Å²) in [7, 11) is 0. The number of aryl methyl sites for hydroxylation is 1. The molecule has 0 spiro atoms. The summed E-state index contributed by atoms with van der Waals surface area (Å²) in [5.41, 5.74) is 24.1. The van der Waals surface area contributed by atoms with Crippen molar-refractivity contribution in [2.45, 2.75) is 51.4 Å². The number of aliphatic imine (C=N–C) groups is 1. The molecular weight excluding hydrogens is 833 g/mol. The maximum Gasteiger partial charge on any atom is 0.0665 e. The van der Waals surface area contributed by atoms with Gasteiger partial charge in [0.15, 0.2) is 0 Å². The van der Waals surface area contributed by atoms with Crippen LogP contribution in [0.3, 0.4) is 0 Å². The lowest BCUT2D eigenvalue weighted by molar-refractivity contribution is 0.728. The zero-order valence-corrected chi connectivity index (χ0v) is 39.2. The standard InChI is InChI=1S/C67H54N2/c1-46-34-43-64(68-63(50-23-9-4-10-24-50)32-17-31-57(46)48-20-7-3-8-21-48)51-35-38-56(39-36-51)69-65-33-14-13-30-60(65)62-42-41-61-58-29-12-11-22-49(58)37-40-59(66(61)67(62)69)55-28-16-27-54(45-55)53-26-15-25-52(44-53)47-18-5-2-6-19-47/h2-16,18-30,32-33,35-36,38-39,41-42,44-45,59H,17,31,34,37,40,43H2,1H3/b57-46+,63-32-,68-64?. The Morgan fingerprint density at radius 2 is 1.09 bits per heavy atom. The lowest BCUT2D eigenvalue weighted by Gasteiger charge is -2.23. The van der Waals surface area contributed by atoms with E-state index in [1.54, 1.807) is 0 Å². The Kier molecular flexibility index (Phi) is 11.4. The first kappa shape index (κ1) is 42.3. The Morgan fingerprint density at radius 1 is 0.449 bits per heavy atom. The zero-order valence-electron chi connectivity index (χ0n) is 39.2. The number of para-hydroxylation sites is 1. The van der Waals surface area contributed by atoms with E-state index in [0.717, 1.165) is 66.7 Å². The van der Waals surface area contributed by atoms with E-state index in [9.17, 15) is 0 Å². The quantitative estimate of drug-likeness (QED) is 0.152. The molecule has 332 valence electrons. The van der Waals surface area contributed by atoms with Crippen molar-refractivity contribution in [2.24, 2.45) is 4.99 Å². The number of hydrogen-bond acceptors (Lipinski definition) is 1. The Hall–Kier alpha value is -8.07. The van der Waals surface area contributed by atoms with Gasteiger partial charge in [-0.2, -0.15) is 0 Å². The first-order chi connectivity index (χ1) is 34.1. The van der Waals surface area contributed by atoms with E-state index in [2.05, 4.69) is 242 Å². The second-order valence-corrected chi connectivity index (χ2v) is 18.8. The van der Waals surface area contributed by atoms with Gasteiger partial charge in [0.25, 0.3) is 0 Å². The summed E-state index contributed by atoms with van der Waals surface area (Å²) < 4.78 is 2.56. The van der Waals surface area contributed by atoms with Gasteiger partial charge in [-0.15, -0.1) is 0 Å². The van der Waals surface area contributed by atoms with Crippen LogP contribution in [0.4, 0.5) is 0 Å². The van der Waals surface area contributed by atoms with E-state index in [1.165, 1.54) is 88.6 Å². The van der Waals surface area contributed by atoms with E-state index in [4.69, 9.17) is 4.99 Å². The smallest absolute Gasteiger partial charge is 0.0665 e. The molecule has 12 rings (SSSR count). The second kappa shape index (κ2) is 18.5. The van der Waals surface area contributed by atoms with Crippen LogP contribution < -0.4 is 0 Å². The van der Waals surface area contributed by atoms with Gasteiger partial charge in [-0.3, -0.25) is 4.99 Å². The van der Waals surface area contributed by atoms with Gasteiger partial charge in [0, 0.05) is 28.1 Å². The first-order valence-corrected chi connectivity index (χ1v) is 24.7. The summed E-state index contributed by atoms with van der Waals surface area (Å²) in [4.78, 5) is 5.53. The molecule has 0 amide bonds. The topological polar surface area (TPSA) is 17.3 Å². The Labute approximate surface area is 406 Å². The van der Waals surface area contributed by atoms with Gasteiger partial charge in [0.1, 0.15) is 0 Å². The van der Waals surface area contributed by atoms with Gasteiger partial charge in [-0.1, -0.05) is 212 Å². The van der Waals surface area contributed by atoms with E-state index in [0.29, 0.717) is 0 Å². The molecule has 1 aliphatic heterocycles. The molecule has 0 radical (unpaired) electrons. The first-order valence-electron chi connectivity index (χ1n) is 24.7. The van der Waals surface area contributed by atoms with Crippen molar-refractivity contribution < 1.29 is 0 Å². The normalized spacial score (nSPS) is 17.0. The highest BCUT2D eigenvalue weighted by molar-refractivity contribution is 6.12. The molecule has 1 unspecified atom stereocenters. The van der Waals surface area contributed by atoms with Crippen LogP contribution in [0.5, 0.6) is 0 Å². The van der Waals surface area contributed by atoms with Crippen LogP contribution in [0.1, 0.15) is 78.3 Å². The molecule has 2 heterocycles. The molecule has 0 saturated carbocycles. The third-order valence-corrected chi connectivity index (χ3v) is 14.7. The van der Waals surface area contributed by atoms with Gasteiger partial charge < -0.3 is 4.57 Å². The lowest BCUT2D eigenvalue weighted by atomic mass is 9.83. The van der Waals surface area contributed by atoms with Crippen LogP contribution in [-0.2, 0) is 6.42 Å². The van der Waals surface area contributed by atoms with Gasteiger partial charge >= 0.3 is 0 Å². The van der Waals surface area contributed by atoms with E-state index in [1.807, 2.05) is 0 Å². The highest BCUT2D eigenvalue weighted by Gasteiger charge is 2.29. The van der Waals surface area contributed by atoms with Crippen molar-refractivity contribution in [3.8, 4) is 39.1 Å². The molecule has 2 nitrogen and oxygen atoms in total. The maximum atomic E-state index is 5.53. The van der Waals surface area contributed by atoms with Crippen molar-refractivity contribution >= 4 is 38.8 Å². The van der Waals surface area contributed by atoms with Crippen LogP contribution in [0.15, 0.2) is 241 Å². The SMILES string of the molecule is C/C1=C(\c2ccccc2)CC/C=C(/c2ccccc2)N=C(c2ccc(-n3c4ccccc4c4ccc5c(c43)C(c3cccc(-c4cccc(-c6ccccc6)c4)c3)CCc3ccccc3-5)cc2)CC1. The molecule has 1 atom stereocenters. The molecule has 1 aromatic heterocycles. The van der Waals surface area contributed by atoms with Crippen molar-refractivity contribution in [1.29, 1.82) is 0 Å².